The van der Waals surface area contributed by atoms with Crippen molar-refractivity contribution < 1.29 is 4.43 Å². The van der Waals surface area contributed by atoms with E-state index in [4.69, 9.17) is 0 Å². The standard InChI is InChI=1S/C15H15N3O3/c1-2-3-9-16-10-8-13-14(15(16)19)18(21)12-7-5-4-6-11(12)17(13)20/h4-8,10H,2-3,9H2,1H3. The molecule has 0 aliphatic heterocycles. The second-order valence-corrected chi connectivity index (χ2v) is 4.98. The van der Waals surface area contributed by atoms with Crippen LogP contribution in [0.3, 0.4) is 0 Å². The summed E-state index contributed by atoms with van der Waals surface area (Å²) in [6, 6.07) is 7.99. The number of rotatable bonds is 3. The van der Waals surface area contributed by atoms with Crippen LogP contribution in [0, 0.1) is 10.1 Å². The van der Waals surface area contributed by atoms with Crippen molar-refractivity contribution in [3.05, 3.63) is 57.0 Å². The molecule has 0 saturated heterocycles. The van der Waals surface area contributed by atoms with E-state index in [9.17, 15) is 14.9 Å². The van der Waals surface area contributed by atoms with Gasteiger partial charge in [-0.3, -0.25) is 4.79 Å². The van der Waals surface area contributed by atoms with E-state index < -0.39 is 5.56 Å². The number of unbranched alkanes of at least 4 members (excludes halogenated alkanes) is 1. The number of nitrogens with zero attached hydrogens (tertiary/aromatic N) is 3. The van der Waals surface area contributed by atoms with Crippen molar-refractivity contribution in [1.29, 1.82) is 0 Å². The first-order valence-corrected chi connectivity index (χ1v) is 6.92. The first kappa shape index (κ1) is 13.4. The average molecular weight is 285 g/mol. The molecule has 0 N–H and O–H groups in total. The maximum atomic E-state index is 12.4. The Labute approximate surface area is 120 Å². The lowest BCUT2D eigenvalue weighted by atomic mass is 10.2. The van der Waals surface area contributed by atoms with Crippen LogP contribution in [0.4, 0.5) is 0 Å². The van der Waals surface area contributed by atoms with Gasteiger partial charge >= 0.3 is 11.1 Å². The Morgan fingerprint density at radius 2 is 1.95 bits per heavy atom. The molecule has 6 heteroatoms. The Hall–Kier alpha value is -2.63. The van der Waals surface area contributed by atoms with Crippen LogP contribution in [0.25, 0.3) is 22.1 Å². The lowest BCUT2D eigenvalue weighted by Gasteiger charge is -2.14. The van der Waals surface area contributed by atoms with Gasteiger partial charge in [0.2, 0.25) is 0 Å². The minimum Gasteiger partial charge on any atom is -0.805 e. The topological polar surface area (TPSA) is 73.0 Å². The Morgan fingerprint density at radius 1 is 1.19 bits per heavy atom. The maximum absolute atomic E-state index is 12.4. The summed E-state index contributed by atoms with van der Waals surface area (Å²) in [5, 5.41) is 12.3. The van der Waals surface area contributed by atoms with Gasteiger partial charge in [-0.25, -0.2) is 0 Å². The molecule has 0 radical (unpaired) electrons. The summed E-state index contributed by atoms with van der Waals surface area (Å²) in [4.78, 5) is 24.9. The summed E-state index contributed by atoms with van der Waals surface area (Å²) in [5.41, 5.74) is 0.0195. The van der Waals surface area contributed by atoms with Crippen LogP contribution in [0.2, 0.25) is 0 Å². The van der Waals surface area contributed by atoms with E-state index in [1.807, 2.05) is 6.92 Å². The molecule has 108 valence electrons. The third-order valence-corrected chi connectivity index (χ3v) is 3.61. The van der Waals surface area contributed by atoms with Gasteiger partial charge in [-0.05, 0) is 18.6 Å². The Balaban J connectivity index is 2.44. The monoisotopic (exact) mass is 285 g/mol. The van der Waals surface area contributed by atoms with Crippen molar-refractivity contribution in [1.82, 2.24) is 9.30 Å². The molecule has 0 aliphatic rings. The predicted molar refractivity (Wildman–Crippen MR) is 80.7 cm³/mol. The third-order valence-electron chi connectivity index (χ3n) is 3.61. The molecular formula is C15H15N3O3. The Kier molecular flexibility index (Phi) is 3.21. The van der Waals surface area contributed by atoms with Gasteiger partial charge in [-0.2, -0.15) is 0 Å². The lowest BCUT2D eigenvalue weighted by molar-refractivity contribution is -0.433. The number of aryl methyl sites for hydroxylation is 1. The number of hydrogen-bond donors (Lipinski definition) is 0. The lowest BCUT2D eigenvalue weighted by Crippen LogP contribution is -2.31. The fourth-order valence-corrected chi connectivity index (χ4v) is 2.47. The highest BCUT2D eigenvalue weighted by molar-refractivity contribution is 5.82. The zero-order valence-corrected chi connectivity index (χ0v) is 11.7. The molecule has 21 heavy (non-hydrogen) atoms. The average Bonchev–Trinajstić information content (AvgIpc) is 2.51. The van der Waals surface area contributed by atoms with Gasteiger partial charge in [0.05, 0.1) is 4.43 Å². The molecule has 3 rings (SSSR count). The first-order chi connectivity index (χ1) is 10.1. The van der Waals surface area contributed by atoms with Crippen molar-refractivity contribution in [2.24, 2.45) is 0 Å². The third kappa shape index (κ3) is 1.99. The molecule has 0 fully saturated rings. The summed E-state index contributed by atoms with van der Waals surface area (Å²) >= 11 is 0. The summed E-state index contributed by atoms with van der Waals surface area (Å²) < 4.78 is 2.68. The number of hydrogen-bond acceptors (Lipinski definition) is 3. The first-order valence-electron chi connectivity index (χ1n) is 6.92. The molecule has 0 bridgehead atoms. The molecular weight excluding hydrogens is 270 g/mol. The van der Waals surface area contributed by atoms with E-state index in [0.717, 1.165) is 12.8 Å². The van der Waals surface area contributed by atoms with Crippen LogP contribution in [0.1, 0.15) is 19.8 Å². The van der Waals surface area contributed by atoms with E-state index in [1.54, 1.807) is 30.5 Å². The second-order valence-electron chi connectivity index (χ2n) is 4.98. The summed E-state index contributed by atoms with van der Waals surface area (Å²) in [7, 11) is 0. The minimum absolute atomic E-state index is 0.0986. The fourth-order valence-electron chi connectivity index (χ4n) is 2.47. The zero-order chi connectivity index (χ0) is 15.0. The highest BCUT2D eigenvalue weighted by Gasteiger charge is 2.19. The van der Waals surface area contributed by atoms with E-state index in [2.05, 4.69) is 0 Å². The van der Waals surface area contributed by atoms with Gasteiger partial charge < -0.3 is 14.5 Å². The molecule has 2 aromatic heterocycles. The second kappa shape index (κ2) is 5.05. The molecule has 6 nitrogen and oxygen atoms in total. The van der Waals surface area contributed by atoms with Crippen LogP contribution in [0.15, 0.2) is 41.3 Å². The van der Waals surface area contributed by atoms with Gasteiger partial charge in [0.25, 0.3) is 5.52 Å². The molecule has 1 aromatic carbocycles. The molecule has 0 unspecified atom stereocenters. The molecule has 0 atom stereocenters. The molecule has 0 amide bonds. The largest absolute Gasteiger partial charge is 0.805 e. The molecule has 0 aliphatic carbocycles. The van der Waals surface area contributed by atoms with E-state index in [0.29, 0.717) is 15.7 Å². The van der Waals surface area contributed by atoms with Crippen molar-refractivity contribution in [2.45, 2.75) is 26.3 Å². The smallest absolute Gasteiger partial charge is 0.351 e. The van der Waals surface area contributed by atoms with Gasteiger partial charge in [0.1, 0.15) is 11.0 Å². The van der Waals surface area contributed by atoms with Crippen LogP contribution in [-0.2, 0) is 6.54 Å². The maximum Gasteiger partial charge on any atom is 0.351 e. The van der Waals surface area contributed by atoms with Crippen molar-refractivity contribution >= 4 is 22.1 Å². The van der Waals surface area contributed by atoms with Crippen LogP contribution < -0.4 is 9.99 Å². The normalized spacial score (nSPS) is 11.3. The SMILES string of the molecule is CCCCn1ccc2c(c1=O)[n+](=O)c1ccccc1n2[O-]. The van der Waals surface area contributed by atoms with Crippen LogP contribution >= 0.6 is 0 Å². The van der Waals surface area contributed by atoms with E-state index >= 15 is 0 Å². The van der Waals surface area contributed by atoms with E-state index in [1.165, 1.54) is 10.6 Å². The Bertz CT molecular complexity index is 940. The van der Waals surface area contributed by atoms with E-state index in [-0.39, 0.29) is 22.1 Å². The number of para-hydroxylation sites is 2. The van der Waals surface area contributed by atoms with Gasteiger partial charge in [0.15, 0.2) is 0 Å². The van der Waals surface area contributed by atoms with Gasteiger partial charge in [-0.15, -0.1) is 0 Å². The van der Waals surface area contributed by atoms with Gasteiger partial charge in [-0.1, -0.05) is 25.5 Å². The zero-order valence-electron chi connectivity index (χ0n) is 11.7. The summed E-state index contributed by atoms with van der Waals surface area (Å²) in [6.45, 7) is 2.57. The molecule has 3 aromatic rings. The minimum atomic E-state index is -0.425. The van der Waals surface area contributed by atoms with Crippen molar-refractivity contribution in [2.75, 3.05) is 0 Å². The van der Waals surface area contributed by atoms with Crippen molar-refractivity contribution in [3.8, 4) is 0 Å². The highest BCUT2D eigenvalue weighted by atomic mass is 16.5. The van der Waals surface area contributed by atoms with Crippen LogP contribution in [-0.4, -0.2) is 9.30 Å². The number of benzene rings is 1. The van der Waals surface area contributed by atoms with Gasteiger partial charge in [0, 0.05) is 23.7 Å². The van der Waals surface area contributed by atoms with Crippen molar-refractivity contribution in [3.63, 3.8) is 0 Å². The predicted octanol–water partition coefficient (Wildman–Crippen LogP) is 2.02. The molecule has 0 saturated carbocycles. The highest BCUT2D eigenvalue weighted by Crippen LogP contribution is 2.14. The molecule has 2 heterocycles. The Morgan fingerprint density at radius 3 is 2.71 bits per heavy atom. The summed E-state index contributed by atoms with van der Waals surface area (Å²) in [5.74, 6) is 0. The fraction of sp³-hybridized carbons (Fsp3) is 0.267. The number of pyridine rings is 1. The number of fused-ring (bicyclic) bond motifs is 2. The van der Waals surface area contributed by atoms with Crippen LogP contribution in [0.5, 0.6) is 0 Å². The molecule has 0 spiro atoms. The quantitative estimate of drug-likeness (QED) is 0.546. The summed E-state index contributed by atoms with van der Waals surface area (Å²) in [6.07, 6.45) is 3.36. The number of aromatic nitrogens is 3.